The molecule has 0 saturated carbocycles. The van der Waals surface area contributed by atoms with Gasteiger partial charge in [0.25, 0.3) is 0 Å². The molecule has 4 aliphatic carbocycles. The molecule has 5 heterocycles. The second-order valence-electron chi connectivity index (χ2n) is 13.0. The molecule has 9 rings (SSSR count). The van der Waals surface area contributed by atoms with Crippen molar-refractivity contribution in [3.05, 3.63) is 142 Å². The number of carbonyl (C=O) groups excluding carboxylic acids is 8. The van der Waals surface area contributed by atoms with E-state index in [2.05, 4.69) is 9.97 Å². The molecule has 0 fully saturated rings. The van der Waals surface area contributed by atoms with E-state index in [1.54, 1.807) is 48.6 Å². The number of H-pyrrole nitrogens is 2. The zero-order valence-electron chi connectivity index (χ0n) is 28.7. The van der Waals surface area contributed by atoms with Crippen molar-refractivity contribution in [2.45, 2.75) is 0 Å². The predicted molar refractivity (Wildman–Crippen MR) is 207 cm³/mol. The number of fused-ring (bicyclic) bond motifs is 8. The Morgan fingerprint density at radius 2 is 0.554 bits per heavy atom. The summed E-state index contributed by atoms with van der Waals surface area (Å²) in [4.78, 5) is 121. The van der Waals surface area contributed by atoms with Gasteiger partial charge >= 0.3 is 0 Å². The molecule has 0 aromatic carbocycles. The van der Waals surface area contributed by atoms with Crippen LogP contribution in [0, 0.1) is 0 Å². The van der Waals surface area contributed by atoms with Gasteiger partial charge in [0.15, 0.2) is 0 Å². The number of aromatic nitrogens is 4. The molecule has 56 heavy (non-hydrogen) atoms. The quantitative estimate of drug-likeness (QED) is 0.187. The first-order valence-corrected chi connectivity index (χ1v) is 17.1. The summed E-state index contributed by atoms with van der Waals surface area (Å²) in [7, 11) is 0. The Labute approximate surface area is 314 Å². The maximum atomic E-state index is 13.5. The molecule has 12 nitrogen and oxygen atoms in total. The lowest BCUT2D eigenvalue weighted by atomic mass is 9.94. The molecule has 12 heteroatoms. The summed E-state index contributed by atoms with van der Waals surface area (Å²) in [6.07, 6.45) is 22.7. The van der Waals surface area contributed by atoms with Gasteiger partial charge in [0.2, 0.25) is 46.3 Å². The zero-order valence-corrected chi connectivity index (χ0v) is 28.7. The lowest BCUT2D eigenvalue weighted by molar-refractivity contribution is -0.130. The van der Waals surface area contributed by atoms with Crippen LogP contribution in [0.1, 0.15) is 45.0 Å². The number of nitrogens with one attached hydrogen (secondary N) is 2. The van der Waals surface area contributed by atoms with Gasteiger partial charge in [-0.2, -0.15) is 0 Å². The zero-order chi connectivity index (χ0) is 38.8. The van der Waals surface area contributed by atoms with Crippen LogP contribution in [-0.4, -0.2) is 66.2 Å². The second-order valence-corrected chi connectivity index (χ2v) is 13.0. The maximum absolute atomic E-state index is 13.5. The van der Waals surface area contributed by atoms with E-state index in [1.165, 1.54) is 48.6 Å². The number of nitrogens with zero attached hydrogens (tertiary/aromatic N) is 2. The average Bonchev–Trinajstić information content (AvgIpc) is 4.03. The first-order chi connectivity index (χ1) is 27.1. The smallest absolute Gasteiger partial charge is 0.233 e. The Bertz CT molecular complexity index is 2650. The summed E-state index contributed by atoms with van der Waals surface area (Å²) in [5.41, 5.74) is 3.02. The van der Waals surface area contributed by atoms with Crippen LogP contribution in [0.5, 0.6) is 0 Å². The Balaban J connectivity index is 1.49. The molecule has 3 aromatic heterocycles. The summed E-state index contributed by atoms with van der Waals surface area (Å²) >= 11 is 0. The molecule has 0 spiro atoms. The van der Waals surface area contributed by atoms with E-state index >= 15 is 0 Å². The van der Waals surface area contributed by atoms with E-state index in [0.717, 1.165) is 24.3 Å². The van der Waals surface area contributed by atoms with Gasteiger partial charge in [0, 0.05) is 66.6 Å². The summed E-state index contributed by atoms with van der Waals surface area (Å²) in [6, 6.07) is 6.51. The van der Waals surface area contributed by atoms with Crippen molar-refractivity contribution in [1.82, 2.24) is 19.9 Å². The Hall–Kier alpha value is -8.12. The molecule has 0 atom stereocenters. The van der Waals surface area contributed by atoms with Gasteiger partial charge in [0.05, 0.1) is 22.8 Å². The fourth-order valence-electron chi connectivity index (χ4n) is 7.19. The molecule has 0 saturated heterocycles. The van der Waals surface area contributed by atoms with Crippen LogP contribution in [-0.2, 0) is 38.4 Å². The third-order valence-corrected chi connectivity index (χ3v) is 9.75. The first kappa shape index (κ1) is 33.7. The number of Topliss-reactive ketones (excluding diaryl/α,β-unsaturated/α-hetero) is 4. The maximum Gasteiger partial charge on any atom is 0.233 e. The Morgan fingerprint density at radius 3 is 0.786 bits per heavy atom. The van der Waals surface area contributed by atoms with Crippen molar-refractivity contribution < 1.29 is 38.4 Å². The summed E-state index contributed by atoms with van der Waals surface area (Å²) in [6.45, 7) is 0. The number of aromatic amines is 2. The largest absolute Gasteiger partial charge is 0.354 e. The fourth-order valence-corrected chi connectivity index (χ4v) is 7.19. The molecular formula is C44H22N4O8. The van der Waals surface area contributed by atoms with E-state index < -0.39 is 46.3 Å². The highest BCUT2D eigenvalue weighted by Crippen LogP contribution is 2.37. The molecule has 0 amide bonds. The van der Waals surface area contributed by atoms with Crippen molar-refractivity contribution in [2.24, 2.45) is 0 Å². The fraction of sp³-hybridized carbons (Fsp3) is 0. The van der Waals surface area contributed by atoms with Crippen LogP contribution >= 0.6 is 0 Å². The summed E-state index contributed by atoms with van der Waals surface area (Å²) in [5.74, 6) is -6.21. The monoisotopic (exact) mass is 734 g/mol. The normalized spacial score (nSPS) is 17.6. The van der Waals surface area contributed by atoms with Gasteiger partial charge in [-0.15, -0.1) is 0 Å². The molecule has 2 N–H and O–H groups in total. The van der Waals surface area contributed by atoms with Crippen molar-refractivity contribution in [1.29, 1.82) is 0 Å². The van der Waals surface area contributed by atoms with Crippen molar-refractivity contribution in [3.8, 4) is 0 Å². The Morgan fingerprint density at radius 1 is 0.321 bits per heavy atom. The van der Waals surface area contributed by atoms with Crippen LogP contribution < -0.4 is 0 Å². The third kappa shape index (κ3) is 5.31. The SMILES string of the molecule is O=C1C=CC=C(c2c3nc(c(C4=CC=CC(=O)C4=O)c4ccc([nH]4)c(C4=CC=CC(=O)C4=O)c4nc(c(C5=CC=CC(=O)C5=O)c5ccc2[nH]5)C=C4)C=C3)C1=O. The predicted octanol–water partition coefficient (Wildman–Crippen LogP) is 5.02. The lowest BCUT2D eigenvalue weighted by Gasteiger charge is -2.11. The molecule has 2 aliphatic heterocycles. The van der Waals surface area contributed by atoms with Gasteiger partial charge in [-0.3, -0.25) is 38.4 Å². The van der Waals surface area contributed by atoms with E-state index in [0.29, 0.717) is 22.1 Å². The highest BCUT2D eigenvalue weighted by Gasteiger charge is 2.31. The highest BCUT2D eigenvalue weighted by atomic mass is 16.2. The minimum Gasteiger partial charge on any atom is -0.354 e. The molecule has 6 aliphatic rings. The minimum atomic E-state index is -0.799. The number of ketones is 8. The van der Waals surface area contributed by atoms with E-state index in [-0.39, 0.29) is 67.3 Å². The molecule has 8 bridgehead atoms. The topological polar surface area (TPSA) is 194 Å². The number of hydrogen-bond donors (Lipinski definition) is 2. The molecule has 266 valence electrons. The number of allylic oxidation sites excluding steroid dienone is 16. The number of carbonyl (C=O) groups is 8. The van der Waals surface area contributed by atoms with Gasteiger partial charge in [-0.25, -0.2) is 9.97 Å². The van der Waals surface area contributed by atoms with Crippen molar-refractivity contribution in [2.75, 3.05) is 0 Å². The molecule has 0 unspecified atom stereocenters. The van der Waals surface area contributed by atoms with Gasteiger partial charge in [-0.1, -0.05) is 48.6 Å². The lowest BCUT2D eigenvalue weighted by Crippen LogP contribution is -2.17. The van der Waals surface area contributed by atoms with E-state index in [9.17, 15) is 38.4 Å². The summed E-state index contributed by atoms with van der Waals surface area (Å²) < 4.78 is 0. The van der Waals surface area contributed by atoms with Gasteiger partial charge < -0.3 is 9.97 Å². The van der Waals surface area contributed by atoms with Crippen LogP contribution in [0.25, 0.3) is 68.7 Å². The Kier molecular flexibility index (Phi) is 7.69. The number of hydrogen-bond acceptors (Lipinski definition) is 10. The van der Waals surface area contributed by atoms with E-state index in [4.69, 9.17) is 9.97 Å². The standard InChI is InChI=1S/C44H22N4O8/c49-33-9-1-5-21(41(33)53)37-25-13-15-27(45-25)38(22-6-2-10-34(50)42(22)54)29-17-19-31(47-29)40(24-8-4-12-36(52)44(24)56)32-20-18-30(48-32)39(28-16-14-26(37)46-28)23-7-3-11-35(51)43(23)55/h1-20,45,48H. The molecule has 3 aromatic rings. The molecule has 0 radical (unpaired) electrons. The first-order valence-electron chi connectivity index (χ1n) is 17.1. The van der Waals surface area contributed by atoms with Gasteiger partial charge in [-0.05, 0) is 72.9 Å². The van der Waals surface area contributed by atoms with Crippen LogP contribution in [0.4, 0.5) is 0 Å². The highest BCUT2D eigenvalue weighted by molar-refractivity contribution is 6.60. The molecular weight excluding hydrogens is 713 g/mol. The van der Waals surface area contributed by atoms with Crippen molar-refractivity contribution in [3.63, 3.8) is 0 Å². The number of rotatable bonds is 4. The minimum absolute atomic E-state index is 0.0149. The summed E-state index contributed by atoms with van der Waals surface area (Å²) in [5, 5.41) is 0. The van der Waals surface area contributed by atoms with Crippen LogP contribution in [0.3, 0.4) is 0 Å². The average molecular weight is 735 g/mol. The van der Waals surface area contributed by atoms with Crippen LogP contribution in [0.2, 0.25) is 0 Å². The van der Waals surface area contributed by atoms with Gasteiger partial charge in [0.1, 0.15) is 0 Å². The second kappa shape index (κ2) is 12.8. The van der Waals surface area contributed by atoms with E-state index in [1.807, 2.05) is 0 Å². The third-order valence-electron chi connectivity index (χ3n) is 9.75. The van der Waals surface area contributed by atoms with Crippen LogP contribution in [0.15, 0.2) is 97.2 Å². The van der Waals surface area contributed by atoms with Crippen molar-refractivity contribution >= 4 is 115 Å².